The molecule has 1 aliphatic rings. The lowest BCUT2D eigenvalue weighted by Crippen LogP contribution is -2.29. The van der Waals surface area contributed by atoms with E-state index in [1.165, 1.54) is 22.4 Å². The standard InChI is InChI=1S/C29H29ClN4S/c1-5-21-10-13-23(14-11-21)34-28(27(32-29(34)35)25-8-6-7-15-31-25)24-16-19(3)33(20(24)4)26-17-22(30)12-9-18(26)2/h6-17,27-28H,5H2,1-4H3,(H,32,35)/t27-,28+/m0/s1. The summed E-state index contributed by atoms with van der Waals surface area (Å²) in [6, 6.07) is 22.9. The molecule has 0 bridgehead atoms. The molecule has 1 N–H and O–H groups in total. The molecule has 2 aromatic heterocycles. The van der Waals surface area contributed by atoms with Crippen LogP contribution in [0.15, 0.2) is 72.9 Å². The van der Waals surface area contributed by atoms with E-state index in [1.807, 2.05) is 30.5 Å². The Morgan fingerprint density at radius 1 is 1.00 bits per heavy atom. The molecule has 2 atom stereocenters. The summed E-state index contributed by atoms with van der Waals surface area (Å²) in [5.41, 5.74) is 9.16. The minimum Gasteiger partial charge on any atom is -0.351 e. The van der Waals surface area contributed by atoms with Gasteiger partial charge in [-0.3, -0.25) is 4.98 Å². The number of hydrogen-bond acceptors (Lipinski definition) is 2. The zero-order valence-corrected chi connectivity index (χ0v) is 22.0. The molecule has 4 nitrogen and oxygen atoms in total. The summed E-state index contributed by atoms with van der Waals surface area (Å²) in [5.74, 6) is 0. The second kappa shape index (κ2) is 9.48. The Morgan fingerprint density at radius 3 is 2.46 bits per heavy atom. The number of benzene rings is 2. The van der Waals surface area contributed by atoms with Crippen LogP contribution in [0.25, 0.3) is 5.69 Å². The van der Waals surface area contributed by atoms with Gasteiger partial charge in [-0.1, -0.05) is 42.8 Å². The van der Waals surface area contributed by atoms with Crippen LogP contribution in [0.3, 0.4) is 0 Å². The van der Waals surface area contributed by atoms with Gasteiger partial charge in [0.15, 0.2) is 5.11 Å². The van der Waals surface area contributed by atoms with Crippen molar-refractivity contribution in [3.8, 4) is 5.69 Å². The first-order valence-electron chi connectivity index (χ1n) is 11.9. The molecule has 0 unspecified atom stereocenters. The second-order valence-electron chi connectivity index (χ2n) is 9.11. The van der Waals surface area contributed by atoms with Gasteiger partial charge in [0.2, 0.25) is 0 Å². The molecule has 0 saturated carbocycles. The molecule has 3 heterocycles. The van der Waals surface area contributed by atoms with Crippen molar-refractivity contribution in [2.45, 2.75) is 46.2 Å². The van der Waals surface area contributed by atoms with Crippen molar-refractivity contribution in [2.24, 2.45) is 0 Å². The molecule has 1 saturated heterocycles. The van der Waals surface area contributed by atoms with Gasteiger partial charge in [-0.25, -0.2) is 0 Å². The average molecular weight is 501 g/mol. The van der Waals surface area contributed by atoms with Crippen LogP contribution in [0.2, 0.25) is 5.02 Å². The number of anilines is 1. The SMILES string of the molecule is CCc1ccc(N2C(=S)N[C@@H](c3ccccn3)[C@H]2c2cc(C)n(-c3cc(Cl)ccc3C)c2C)cc1. The quantitative estimate of drug-likeness (QED) is 0.294. The van der Waals surface area contributed by atoms with Crippen molar-refractivity contribution >= 4 is 34.6 Å². The molecule has 0 amide bonds. The molecule has 1 aliphatic heterocycles. The lowest BCUT2D eigenvalue weighted by Gasteiger charge is -2.28. The summed E-state index contributed by atoms with van der Waals surface area (Å²) < 4.78 is 2.30. The maximum Gasteiger partial charge on any atom is 0.174 e. The molecule has 35 heavy (non-hydrogen) atoms. The smallest absolute Gasteiger partial charge is 0.174 e. The summed E-state index contributed by atoms with van der Waals surface area (Å²) >= 11 is 12.3. The largest absolute Gasteiger partial charge is 0.351 e. The average Bonchev–Trinajstić information content (AvgIpc) is 3.36. The normalized spacial score (nSPS) is 17.6. The number of thiocarbonyl (C=S) groups is 1. The first-order chi connectivity index (χ1) is 16.9. The minimum atomic E-state index is -0.0797. The number of nitrogens with zero attached hydrogens (tertiary/aromatic N) is 3. The van der Waals surface area contributed by atoms with Crippen LogP contribution < -0.4 is 10.2 Å². The van der Waals surface area contributed by atoms with E-state index in [1.54, 1.807) is 0 Å². The number of nitrogens with one attached hydrogen (secondary N) is 1. The highest BCUT2D eigenvalue weighted by atomic mass is 35.5. The zero-order valence-electron chi connectivity index (χ0n) is 20.4. The van der Waals surface area contributed by atoms with Gasteiger partial charge in [0.05, 0.1) is 17.8 Å². The molecule has 1 fully saturated rings. The minimum absolute atomic E-state index is 0.0516. The van der Waals surface area contributed by atoms with Gasteiger partial charge in [0, 0.05) is 34.0 Å². The Kier molecular flexibility index (Phi) is 6.39. The second-order valence-corrected chi connectivity index (χ2v) is 9.93. The highest BCUT2D eigenvalue weighted by molar-refractivity contribution is 7.80. The van der Waals surface area contributed by atoms with Gasteiger partial charge >= 0.3 is 0 Å². The first-order valence-corrected chi connectivity index (χ1v) is 12.7. The van der Waals surface area contributed by atoms with Crippen LogP contribution in [0.1, 0.15) is 52.8 Å². The Bertz CT molecular complexity index is 1380. The topological polar surface area (TPSA) is 33.1 Å². The van der Waals surface area contributed by atoms with E-state index in [-0.39, 0.29) is 12.1 Å². The lowest BCUT2D eigenvalue weighted by atomic mass is 9.96. The summed E-state index contributed by atoms with van der Waals surface area (Å²) in [5, 5.41) is 5.01. The van der Waals surface area contributed by atoms with Crippen molar-refractivity contribution < 1.29 is 0 Å². The summed E-state index contributed by atoms with van der Waals surface area (Å²) in [4.78, 5) is 6.94. The van der Waals surface area contributed by atoms with E-state index in [0.717, 1.165) is 34.2 Å². The zero-order chi connectivity index (χ0) is 24.7. The van der Waals surface area contributed by atoms with Gasteiger partial charge in [-0.2, -0.15) is 0 Å². The van der Waals surface area contributed by atoms with Crippen molar-refractivity contribution in [3.05, 3.63) is 112 Å². The number of aryl methyl sites for hydroxylation is 3. The van der Waals surface area contributed by atoms with E-state index in [4.69, 9.17) is 28.8 Å². The molecule has 4 aromatic rings. The van der Waals surface area contributed by atoms with Gasteiger partial charge in [0.25, 0.3) is 0 Å². The fourth-order valence-corrected chi connectivity index (χ4v) is 5.63. The van der Waals surface area contributed by atoms with E-state index in [9.17, 15) is 0 Å². The maximum atomic E-state index is 6.40. The van der Waals surface area contributed by atoms with E-state index in [0.29, 0.717) is 5.11 Å². The van der Waals surface area contributed by atoms with Crippen LogP contribution in [0, 0.1) is 20.8 Å². The van der Waals surface area contributed by atoms with E-state index in [2.05, 4.69) is 84.9 Å². The van der Waals surface area contributed by atoms with Crippen molar-refractivity contribution in [1.29, 1.82) is 0 Å². The highest BCUT2D eigenvalue weighted by Gasteiger charge is 2.42. The lowest BCUT2D eigenvalue weighted by molar-refractivity contribution is 0.565. The number of halogens is 1. The van der Waals surface area contributed by atoms with E-state index >= 15 is 0 Å². The number of pyridine rings is 1. The third-order valence-electron chi connectivity index (χ3n) is 6.92. The van der Waals surface area contributed by atoms with Gasteiger partial charge in [-0.05, 0) is 98.6 Å². The van der Waals surface area contributed by atoms with Gasteiger partial charge < -0.3 is 14.8 Å². The fourth-order valence-electron chi connectivity index (χ4n) is 5.12. The van der Waals surface area contributed by atoms with Crippen molar-refractivity contribution in [3.63, 3.8) is 0 Å². The predicted molar refractivity (Wildman–Crippen MR) is 149 cm³/mol. The van der Waals surface area contributed by atoms with Gasteiger partial charge in [0.1, 0.15) is 0 Å². The number of hydrogen-bond donors (Lipinski definition) is 1. The van der Waals surface area contributed by atoms with Crippen LogP contribution in [-0.4, -0.2) is 14.7 Å². The summed E-state index contributed by atoms with van der Waals surface area (Å²) in [6.45, 7) is 8.62. The fraction of sp³-hybridized carbons (Fsp3) is 0.241. The number of rotatable bonds is 5. The summed E-state index contributed by atoms with van der Waals surface area (Å²) in [7, 11) is 0. The first kappa shape index (κ1) is 23.6. The van der Waals surface area contributed by atoms with Crippen molar-refractivity contribution in [1.82, 2.24) is 14.9 Å². The van der Waals surface area contributed by atoms with Crippen molar-refractivity contribution in [2.75, 3.05) is 4.90 Å². The molecular formula is C29H29ClN4S. The Hall–Kier alpha value is -3.15. The molecule has 178 valence electrons. The van der Waals surface area contributed by atoms with E-state index < -0.39 is 0 Å². The molecule has 6 heteroatoms. The van der Waals surface area contributed by atoms with Crippen LogP contribution >= 0.6 is 23.8 Å². The maximum absolute atomic E-state index is 6.40. The van der Waals surface area contributed by atoms with Gasteiger partial charge in [-0.15, -0.1) is 0 Å². The van der Waals surface area contributed by atoms with Crippen LogP contribution in [-0.2, 0) is 6.42 Å². The summed E-state index contributed by atoms with van der Waals surface area (Å²) in [6.07, 6.45) is 2.84. The Morgan fingerprint density at radius 2 is 1.77 bits per heavy atom. The molecular weight excluding hydrogens is 472 g/mol. The number of aromatic nitrogens is 2. The molecule has 2 aromatic carbocycles. The predicted octanol–water partition coefficient (Wildman–Crippen LogP) is 7.19. The highest BCUT2D eigenvalue weighted by Crippen LogP contribution is 2.44. The van der Waals surface area contributed by atoms with Crippen LogP contribution in [0.4, 0.5) is 5.69 Å². The molecule has 5 rings (SSSR count). The Balaban J connectivity index is 1.68. The molecule has 0 radical (unpaired) electrons. The monoisotopic (exact) mass is 500 g/mol. The molecule has 0 aliphatic carbocycles. The third kappa shape index (κ3) is 4.24. The molecule has 0 spiro atoms. The van der Waals surface area contributed by atoms with Crippen LogP contribution in [0.5, 0.6) is 0 Å². The Labute approximate surface area is 217 Å². The third-order valence-corrected chi connectivity index (χ3v) is 7.47.